The molecular weight excluding hydrogens is 322 g/mol. The Balaban J connectivity index is 0.000000924. The number of nitrogens with zero attached hydrogens (tertiary/aromatic N) is 4. The number of hydrogen-bond donors (Lipinski definition) is 4. The maximum absolute atomic E-state index is 9.00. The molecular formula is C13H19N5O4S. The van der Waals surface area contributed by atoms with Crippen LogP contribution in [0.2, 0.25) is 0 Å². The Morgan fingerprint density at radius 3 is 2.91 bits per heavy atom. The fourth-order valence-corrected chi connectivity index (χ4v) is 2.93. The molecule has 0 bridgehead atoms. The second-order valence-electron chi connectivity index (χ2n) is 4.49. The number of nitrogens with two attached hydrogens (primary N) is 1. The summed E-state index contributed by atoms with van der Waals surface area (Å²) in [5.74, 6) is 1.20. The molecule has 1 atom stereocenters. The van der Waals surface area contributed by atoms with Crippen molar-refractivity contribution in [2.45, 2.75) is 24.1 Å². The van der Waals surface area contributed by atoms with Crippen molar-refractivity contribution in [1.82, 2.24) is 19.5 Å². The summed E-state index contributed by atoms with van der Waals surface area (Å²) in [5.41, 5.74) is 6.97. The van der Waals surface area contributed by atoms with Gasteiger partial charge in [0.25, 0.3) is 0 Å². The molecule has 9 nitrogen and oxygen atoms in total. The second-order valence-corrected chi connectivity index (χ2v) is 5.57. The number of nitrogen functional groups attached to an aromatic ring is 1. The van der Waals surface area contributed by atoms with Gasteiger partial charge in [-0.3, -0.25) is 4.57 Å². The minimum atomic E-state index is -0.265. The lowest BCUT2D eigenvalue weighted by Crippen LogP contribution is -2.07. The second kappa shape index (κ2) is 7.99. The van der Waals surface area contributed by atoms with Crippen LogP contribution in [0.15, 0.2) is 23.4 Å². The topological polar surface area (TPSA) is 140 Å². The number of aliphatic hydroxyl groups excluding tert-OH is 3. The van der Waals surface area contributed by atoms with E-state index in [9.17, 15) is 0 Å². The van der Waals surface area contributed by atoms with E-state index in [2.05, 4.69) is 15.0 Å². The summed E-state index contributed by atoms with van der Waals surface area (Å²) in [6.07, 6.45) is 3.73. The van der Waals surface area contributed by atoms with Gasteiger partial charge in [-0.1, -0.05) is 0 Å². The summed E-state index contributed by atoms with van der Waals surface area (Å²) >= 11 is 1.38. The molecule has 5 N–H and O–H groups in total. The van der Waals surface area contributed by atoms with E-state index in [4.69, 9.17) is 25.8 Å². The Kier molecular flexibility index (Phi) is 6.02. The number of aromatic nitrogens is 4. The molecule has 1 unspecified atom stereocenters. The smallest absolute Gasteiger partial charge is 0.223 e. The van der Waals surface area contributed by atoms with E-state index in [1.54, 1.807) is 10.9 Å². The number of ether oxygens (including phenoxy) is 1. The Bertz CT molecular complexity index is 690. The molecule has 126 valence electrons. The van der Waals surface area contributed by atoms with Gasteiger partial charge in [0.15, 0.2) is 11.9 Å². The molecule has 1 aliphatic heterocycles. The fourth-order valence-electron chi connectivity index (χ4n) is 2.21. The van der Waals surface area contributed by atoms with Crippen molar-refractivity contribution in [3.05, 3.63) is 18.3 Å². The zero-order valence-electron chi connectivity index (χ0n) is 12.6. The van der Waals surface area contributed by atoms with Crippen LogP contribution in [0.5, 0.6) is 0 Å². The summed E-state index contributed by atoms with van der Waals surface area (Å²) < 4.78 is 7.39. The van der Waals surface area contributed by atoms with Gasteiger partial charge < -0.3 is 25.8 Å². The summed E-state index contributed by atoms with van der Waals surface area (Å²) in [5, 5.41) is 25.6. The first kappa shape index (κ1) is 17.3. The summed E-state index contributed by atoms with van der Waals surface area (Å²) in [6.45, 7) is 0.0488. The number of anilines is 1. The van der Waals surface area contributed by atoms with Gasteiger partial charge in [-0.15, -0.1) is 11.8 Å². The molecule has 0 amide bonds. The van der Waals surface area contributed by atoms with Crippen molar-refractivity contribution in [3.8, 4) is 0 Å². The van der Waals surface area contributed by atoms with Gasteiger partial charge in [0.05, 0.1) is 6.61 Å². The Labute approximate surface area is 136 Å². The Morgan fingerprint density at radius 1 is 1.48 bits per heavy atom. The largest absolute Gasteiger partial charge is 0.512 e. The molecule has 10 heteroatoms. The highest BCUT2D eigenvalue weighted by atomic mass is 32.2. The van der Waals surface area contributed by atoms with E-state index in [1.165, 1.54) is 11.8 Å². The maximum Gasteiger partial charge on any atom is 0.223 e. The molecule has 0 aromatic carbocycles. The van der Waals surface area contributed by atoms with E-state index in [0.29, 0.717) is 34.1 Å². The molecule has 1 saturated heterocycles. The molecule has 0 saturated carbocycles. The molecule has 0 spiro atoms. The number of imidazole rings is 1. The predicted octanol–water partition coefficient (Wildman–Crippen LogP) is 0.810. The average molecular weight is 341 g/mol. The highest BCUT2D eigenvalue weighted by Crippen LogP contribution is 2.34. The first-order valence-electron chi connectivity index (χ1n) is 6.91. The lowest BCUT2D eigenvalue weighted by atomic mass is 10.3. The summed E-state index contributed by atoms with van der Waals surface area (Å²) in [7, 11) is 1.00. The van der Waals surface area contributed by atoms with Crippen LogP contribution in [0.25, 0.3) is 11.2 Å². The maximum atomic E-state index is 9.00. The van der Waals surface area contributed by atoms with Crippen molar-refractivity contribution in [2.24, 2.45) is 0 Å². The van der Waals surface area contributed by atoms with Crippen LogP contribution in [-0.4, -0.2) is 54.3 Å². The number of aliphatic hydroxyl groups is 3. The van der Waals surface area contributed by atoms with Crippen molar-refractivity contribution in [2.75, 3.05) is 25.2 Å². The lowest BCUT2D eigenvalue weighted by molar-refractivity contribution is 0.0965. The van der Waals surface area contributed by atoms with E-state index in [-0.39, 0.29) is 18.8 Å². The zero-order valence-corrected chi connectivity index (χ0v) is 13.4. The molecule has 2 aromatic rings. The third kappa shape index (κ3) is 3.66. The van der Waals surface area contributed by atoms with E-state index in [1.807, 2.05) is 0 Å². The average Bonchev–Trinajstić information content (AvgIpc) is 3.20. The van der Waals surface area contributed by atoms with Crippen molar-refractivity contribution < 1.29 is 20.1 Å². The van der Waals surface area contributed by atoms with Crippen LogP contribution in [0.3, 0.4) is 0 Å². The lowest BCUT2D eigenvalue weighted by Gasteiger charge is -2.12. The number of fused-ring (bicyclic) bond motifs is 1. The fraction of sp³-hybridized carbons (Fsp3) is 0.462. The van der Waals surface area contributed by atoms with Crippen molar-refractivity contribution in [3.63, 3.8) is 0 Å². The van der Waals surface area contributed by atoms with Gasteiger partial charge in [-0.25, -0.2) is 9.97 Å². The number of allylic oxidation sites excluding steroid dienone is 1. The van der Waals surface area contributed by atoms with Gasteiger partial charge in [-0.2, -0.15) is 4.98 Å². The monoisotopic (exact) mass is 341 g/mol. The van der Waals surface area contributed by atoms with Crippen LogP contribution < -0.4 is 5.73 Å². The van der Waals surface area contributed by atoms with E-state index < -0.39 is 0 Å². The Morgan fingerprint density at radius 2 is 2.26 bits per heavy atom. The van der Waals surface area contributed by atoms with Gasteiger partial charge in [0, 0.05) is 25.7 Å². The molecule has 23 heavy (non-hydrogen) atoms. The van der Waals surface area contributed by atoms with Gasteiger partial charge >= 0.3 is 0 Å². The van der Waals surface area contributed by atoms with Gasteiger partial charge in [0.1, 0.15) is 28.9 Å². The van der Waals surface area contributed by atoms with Crippen LogP contribution in [0.4, 0.5) is 5.95 Å². The summed E-state index contributed by atoms with van der Waals surface area (Å²) in [4.78, 5) is 12.7. The number of thioether (sulfide) groups is 1. The molecule has 1 aliphatic rings. The highest BCUT2D eigenvalue weighted by Gasteiger charge is 2.25. The summed E-state index contributed by atoms with van der Waals surface area (Å²) in [6, 6.07) is 0. The minimum Gasteiger partial charge on any atom is -0.512 e. The SMILES string of the molecule is CO.Nc1nc(SCCO)c2ncn(C3CC/C(=C\O)O3)c2n1. The quantitative estimate of drug-likeness (QED) is 0.361. The molecule has 0 aliphatic carbocycles. The van der Waals surface area contributed by atoms with Crippen molar-refractivity contribution >= 4 is 28.9 Å². The van der Waals surface area contributed by atoms with Crippen LogP contribution in [-0.2, 0) is 4.74 Å². The molecule has 1 fully saturated rings. The van der Waals surface area contributed by atoms with Crippen LogP contribution in [0.1, 0.15) is 19.1 Å². The standard InChI is InChI=1S/C12H15N5O3S.CH4O/c13-12-15-10-9(11(16-12)21-4-3-18)14-6-17(10)8-2-1-7(5-19)20-8;1-2/h5-6,8,18-19H,1-4H2,(H2,13,15,16);2H,1H3/b7-5+;. The van der Waals surface area contributed by atoms with Gasteiger partial charge in [0.2, 0.25) is 5.95 Å². The van der Waals surface area contributed by atoms with Gasteiger partial charge in [-0.05, 0) is 0 Å². The van der Waals surface area contributed by atoms with E-state index >= 15 is 0 Å². The molecule has 3 heterocycles. The number of rotatable bonds is 4. The third-order valence-corrected chi connectivity index (χ3v) is 4.06. The molecule has 3 rings (SSSR count). The van der Waals surface area contributed by atoms with Crippen molar-refractivity contribution in [1.29, 1.82) is 0 Å². The first-order valence-corrected chi connectivity index (χ1v) is 7.90. The Hall–Kier alpha value is -2.04. The first-order chi connectivity index (χ1) is 11.2. The highest BCUT2D eigenvalue weighted by molar-refractivity contribution is 7.99. The molecule has 0 radical (unpaired) electrons. The van der Waals surface area contributed by atoms with Crippen LogP contribution >= 0.6 is 11.8 Å². The minimum absolute atomic E-state index is 0.0488. The predicted molar refractivity (Wildman–Crippen MR) is 85.8 cm³/mol. The molecule has 2 aromatic heterocycles. The number of hydrogen-bond acceptors (Lipinski definition) is 9. The van der Waals surface area contributed by atoms with E-state index in [0.717, 1.165) is 19.8 Å². The van der Waals surface area contributed by atoms with Crippen LogP contribution in [0, 0.1) is 0 Å². The normalized spacial score (nSPS) is 18.7. The third-order valence-electron chi connectivity index (χ3n) is 3.12. The zero-order chi connectivity index (χ0) is 16.8.